The van der Waals surface area contributed by atoms with Crippen molar-refractivity contribution in [3.05, 3.63) is 30.2 Å². The van der Waals surface area contributed by atoms with E-state index in [9.17, 15) is 13.2 Å². The maximum absolute atomic E-state index is 12.4. The van der Waals surface area contributed by atoms with Crippen LogP contribution in [0.1, 0.15) is 18.5 Å². The van der Waals surface area contributed by atoms with Crippen molar-refractivity contribution in [3.63, 3.8) is 0 Å². The van der Waals surface area contributed by atoms with Crippen LogP contribution in [0.5, 0.6) is 11.5 Å². The van der Waals surface area contributed by atoms with Gasteiger partial charge in [-0.1, -0.05) is 0 Å². The number of halogens is 3. The van der Waals surface area contributed by atoms with Crippen molar-refractivity contribution in [1.82, 2.24) is 4.98 Å². The van der Waals surface area contributed by atoms with Gasteiger partial charge >= 0.3 is 6.18 Å². The summed E-state index contributed by atoms with van der Waals surface area (Å²) in [5, 5.41) is 0. The number of aromatic nitrogens is 1. The van der Waals surface area contributed by atoms with Gasteiger partial charge in [0.2, 0.25) is 5.89 Å². The van der Waals surface area contributed by atoms with Gasteiger partial charge in [0.1, 0.15) is 6.26 Å². The fourth-order valence-corrected chi connectivity index (χ4v) is 2.06. The Labute approximate surface area is 136 Å². The Hall–Kier alpha value is -2.22. The Balaban J connectivity index is 1.81. The lowest BCUT2D eigenvalue weighted by Gasteiger charge is -2.14. The summed E-state index contributed by atoms with van der Waals surface area (Å²) in [7, 11) is 0. The van der Waals surface area contributed by atoms with Gasteiger partial charge in [-0.05, 0) is 37.0 Å². The predicted molar refractivity (Wildman–Crippen MR) is 79.6 cm³/mol. The van der Waals surface area contributed by atoms with E-state index >= 15 is 0 Å². The van der Waals surface area contributed by atoms with E-state index in [4.69, 9.17) is 19.6 Å². The van der Waals surface area contributed by atoms with Crippen molar-refractivity contribution < 1.29 is 27.1 Å². The minimum absolute atomic E-state index is 0.0438. The van der Waals surface area contributed by atoms with E-state index in [0.29, 0.717) is 29.7 Å². The summed E-state index contributed by atoms with van der Waals surface area (Å²) < 4.78 is 52.9. The first-order chi connectivity index (χ1) is 11.4. The molecule has 0 spiro atoms. The lowest BCUT2D eigenvalue weighted by atomic mass is 10.2. The SMILES string of the molecule is NCc1coc(-c2ccc(OCC(F)(F)F)c(OCC3CC3)c2)n1. The normalized spacial score (nSPS) is 14.7. The number of nitrogens with two attached hydrogens (primary N) is 1. The molecule has 1 heterocycles. The molecule has 2 aromatic rings. The maximum atomic E-state index is 12.4. The molecular formula is C16H17F3N2O3. The third-order valence-electron chi connectivity index (χ3n) is 3.51. The van der Waals surface area contributed by atoms with E-state index in [1.165, 1.54) is 12.3 Å². The molecule has 1 fully saturated rings. The van der Waals surface area contributed by atoms with Crippen LogP contribution < -0.4 is 15.2 Å². The van der Waals surface area contributed by atoms with Gasteiger partial charge in [0.15, 0.2) is 18.1 Å². The summed E-state index contributed by atoms with van der Waals surface area (Å²) in [6.45, 7) is -0.685. The first-order valence-electron chi connectivity index (χ1n) is 7.56. The molecule has 1 aromatic heterocycles. The predicted octanol–water partition coefficient (Wildman–Crippen LogP) is 3.53. The molecular weight excluding hydrogens is 325 g/mol. The first-order valence-corrected chi connectivity index (χ1v) is 7.56. The fourth-order valence-electron chi connectivity index (χ4n) is 2.06. The van der Waals surface area contributed by atoms with Crippen LogP contribution in [0.25, 0.3) is 11.5 Å². The average Bonchev–Trinajstić information content (AvgIpc) is 3.25. The Morgan fingerprint density at radius 2 is 2.00 bits per heavy atom. The summed E-state index contributed by atoms with van der Waals surface area (Å²) in [5.74, 6) is 1.07. The van der Waals surface area contributed by atoms with Crippen LogP contribution in [0.15, 0.2) is 28.9 Å². The second-order valence-corrected chi connectivity index (χ2v) is 5.67. The molecule has 0 aliphatic heterocycles. The maximum Gasteiger partial charge on any atom is 0.422 e. The van der Waals surface area contributed by atoms with E-state index in [1.807, 2.05) is 0 Å². The highest BCUT2D eigenvalue weighted by molar-refractivity contribution is 5.60. The van der Waals surface area contributed by atoms with Crippen LogP contribution in [0.4, 0.5) is 13.2 Å². The largest absolute Gasteiger partial charge is 0.489 e. The van der Waals surface area contributed by atoms with Crippen LogP contribution in [0, 0.1) is 5.92 Å². The standard InChI is InChI=1S/C16H17F3N2O3/c17-16(18,19)9-24-13-4-3-11(15-21-12(6-20)8-23-15)5-14(13)22-7-10-1-2-10/h3-5,8,10H,1-2,6-7,9,20H2. The molecule has 0 atom stereocenters. The molecule has 3 rings (SSSR count). The molecule has 0 unspecified atom stereocenters. The number of hydrogen-bond donors (Lipinski definition) is 1. The third-order valence-corrected chi connectivity index (χ3v) is 3.51. The van der Waals surface area contributed by atoms with Crippen molar-refractivity contribution in [2.24, 2.45) is 11.7 Å². The molecule has 0 radical (unpaired) electrons. The third kappa shape index (κ3) is 4.41. The lowest BCUT2D eigenvalue weighted by Crippen LogP contribution is -2.19. The van der Waals surface area contributed by atoms with Crippen LogP contribution in [0.2, 0.25) is 0 Å². The van der Waals surface area contributed by atoms with Crippen molar-refractivity contribution in [2.45, 2.75) is 25.6 Å². The number of ether oxygens (including phenoxy) is 2. The van der Waals surface area contributed by atoms with Gasteiger partial charge in [0.05, 0.1) is 12.3 Å². The smallest absolute Gasteiger partial charge is 0.422 e. The zero-order valence-electron chi connectivity index (χ0n) is 12.8. The van der Waals surface area contributed by atoms with Crippen LogP contribution in [0.3, 0.4) is 0 Å². The van der Waals surface area contributed by atoms with Crippen LogP contribution >= 0.6 is 0 Å². The van der Waals surface area contributed by atoms with Crippen molar-refractivity contribution in [3.8, 4) is 23.0 Å². The number of alkyl halides is 3. The summed E-state index contributed by atoms with van der Waals surface area (Å²) in [4.78, 5) is 4.19. The van der Waals surface area contributed by atoms with Gasteiger partial charge in [-0.15, -0.1) is 0 Å². The van der Waals surface area contributed by atoms with Gasteiger partial charge in [-0.25, -0.2) is 4.98 Å². The fraction of sp³-hybridized carbons (Fsp3) is 0.438. The molecule has 1 aliphatic rings. The van der Waals surface area contributed by atoms with Crippen molar-refractivity contribution in [1.29, 1.82) is 0 Å². The zero-order valence-corrected chi connectivity index (χ0v) is 12.8. The van der Waals surface area contributed by atoms with Gasteiger partial charge < -0.3 is 19.6 Å². The molecule has 1 aliphatic carbocycles. The lowest BCUT2D eigenvalue weighted by molar-refractivity contribution is -0.153. The highest BCUT2D eigenvalue weighted by Gasteiger charge is 2.29. The molecule has 0 bridgehead atoms. The van der Waals surface area contributed by atoms with E-state index in [-0.39, 0.29) is 18.0 Å². The van der Waals surface area contributed by atoms with Crippen molar-refractivity contribution in [2.75, 3.05) is 13.2 Å². The van der Waals surface area contributed by atoms with Gasteiger partial charge in [0, 0.05) is 12.1 Å². The van der Waals surface area contributed by atoms with E-state index in [2.05, 4.69) is 4.98 Å². The number of nitrogens with zero attached hydrogens (tertiary/aromatic N) is 1. The number of benzene rings is 1. The Morgan fingerprint density at radius 3 is 2.62 bits per heavy atom. The Bertz CT molecular complexity index is 696. The second-order valence-electron chi connectivity index (χ2n) is 5.67. The molecule has 24 heavy (non-hydrogen) atoms. The number of rotatable bonds is 7. The Morgan fingerprint density at radius 1 is 1.21 bits per heavy atom. The summed E-state index contributed by atoms with van der Waals surface area (Å²) in [6.07, 6.45) is -0.838. The summed E-state index contributed by atoms with van der Waals surface area (Å²) in [6, 6.07) is 4.57. The minimum atomic E-state index is -4.41. The van der Waals surface area contributed by atoms with Gasteiger partial charge in [-0.3, -0.25) is 0 Å². The molecule has 5 nitrogen and oxygen atoms in total. The Kier molecular flexibility index (Phi) is 4.66. The quantitative estimate of drug-likeness (QED) is 0.833. The second kappa shape index (κ2) is 6.72. The van der Waals surface area contributed by atoms with Gasteiger partial charge in [-0.2, -0.15) is 13.2 Å². The molecule has 2 N–H and O–H groups in total. The monoisotopic (exact) mass is 342 g/mol. The topological polar surface area (TPSA) is 70.5 Å². The highest BCUT2D eigenvalue weighted by Crippen LogP contribution is 2.36. The molecule has 1 aromatic carbocycles. The summed E-state index contributed by atoms with van der Waals surface area (Å²) >= 11 is 0. The molecule has 130 valence electrons. The van der Waals surface area contributed by atoms with Crippen LogP contribution in [-0.4, -0.2) is 24.4 Å². The molecule has 0 saturated heterocycles. The van der Waals surface area contributed by atoms with Crippen LogP contribution in [-0.2, 0) is 6.54 Å². The molecule has 0 amide bonds. The number of hydrogen-bond acceptors (Lipinski definition) is 5. The van der Waals surface area contributed by atoms with Crippen molar-refractivity contribution >= 4 is 0 Å². The molecule has 8 heteroatoms. The first kappa shape index (κ1) is 16.6. The van der Waals surface area contributed by atoms with E-state index in [0.717, 1.165) is 12.8 Å². The average molecular weight is 342 g/mol. The van der Waals surface area contributed by atoms with E-state index < -0.39 is 12.8 Å². The zero-order chi connectivity index (χ0) is 17.2. The number of oxazole rings is 1. The highest BCUT2D eigenvalue weighted by atomic mass is 19.4. The van der Waals surface area contributed by atoms with Gasteiger partial charge in [0.25, 0.3) is 0 Å². The minimum Gasteiger partial charge on any atom is -0.489 e. The molecule has 1 saturated carbocycles. The van der Waals surface area contributed by atoms with E-state index in [1.54, 1.807) is 12.1 Å². The summed E-state index contributed by atoms with van der Waals surface area (Å²) in [5.41, 5.74) is 6.66.